The molecule has 2 N–H and O–H groups in total. The molecule has 3 aliphatic rings. The third kappa shape index (κ3) is 5.01. The second-order valence-corrected chi connectivity index (χ2v) is 10.4. The standard InChI is InChI=1S/C25H32N4O6/c1-25(2,3)35-24(34)28(4)15-10-8-14(9-11-15)26-17-7-5-6-16-20(17)23(33)29(22(16)32)18-12-13-19(30)27-21(18)31/h5-7,14-15,18,26H,8-13H2,1-4H3,(H,27,30,31)/t14-,15-,18?. The van der Waals surface area contributed by atoms with E-state index in [2.05, 4.69) is 10.6 Å². The molecule has 2 heterocycles. The molecule has 1 unspecified atom stereocenters. The first-order chi connectivity index (χ1) is 16.5. The number of carbonyl (C=O) groups excluding carboxylic acids is 5. The number of amides is 5. The van der Waals surface area contributed by atoms with Crippen molar-refractivity contribution in [1.82, 2.24) is 15.1 Å². The number of piperidine rings is 1. The number of nitrogens with one attached hydrogen (secondary N) is 2. The van der Waals surface area contributed by atoms with E-state index in [1.54, 1.807) is 30.1 Å². The number of carbonyl (C=O) groups is 5. The highest BCUT2D eigenvalue weighted by atomic mass is 16.6. The van der Waals surface area contributed by atoms with E-state index in [0.717, 1.165) is 30.6 Å². The van der Waals surface area contributed by atoms with Crippen molar-refractivity contribution in [3.05, 3.63) is 29.3 Å². The van der Waals surface area contributed by atoms with Crippen LogP contribution in [-0.2, 0) is 14.3 Å². The van der Waals surface area contributed by atoms with Crippen molar-refractivity contribution in [3.8, 4) is 0 Å². The third-order valence-corrected chi connectivity index (χ3v) is 6.75. The Balaban J connectivity index is 1.42. The third-order valence-electron chi connectivity index (χ3n) is 6.75. The minimum atomic E-state index is -0.994. The van der Waals surface area contributed by atoms with Gasteiger partial charge in [0.1, 0.15) is 11.6 Å². The molecule has 5 amide bonds. The molecule has 0 aromatic heterocycles. The summed E-state index contributed by atoms with van der Waals surface area (Å²) in [6, 6.07) is 4.19. The van der Waals surface area contributed by atoms with Crippen LogP contribution >= 0.6 is 0 Å². The minimum Gasteiger partial charge on any atom is -0.444 e. The smallest absolute Gasteiger partial charge is 0.410 e. The van der Waals surface area contributed by atoms with E-state index in [4.69, 9.17) is 4.74 Å². The molecular formula is C25H32N4O6. The van der Waals surface area contributed by atoms with Crippen molar-refractivity contribution >= 4 is 35.4 Å². The number of fused-ring (bicyclic) bond motifs is 1. The van der Waals surface area contributed by atoms with Crippen LogP contribution in [0.1, 0.15) is 80.0 Å². The van der Waals surface area contributed by atoms with Crippen LogP contribution in [0.2, 0.25) is 0 Å². The fourth-order valence-electron chi connectivity index (χ4n) is 4.95. The van der Waals surface area contributed by atoms with Crippen molar-refractivity contribution in [1.29, 1.82) is 0 Å². The van der Waals surface area contributed by atoms with Gasteiger partial charge in [-0.25, -0.2) is 4.79 Å². The lowest BCUT2D eigenvalue weighted by molar-refractivity contribution is -0.136. The van der Waals surface area contributed by atoms with Crippen LogP contribution in [0.4, 0.5) is 10.5 Å². The maximum atomic E-state index is 13.3. The number of ether oxygens (including phenoxy) is 1. The molecule has 4 rings (SSSR count). The summed E-state index contributed by atoms with van der Waals surface area (Å²) in [6.45, 7) is 5.52. The second-order valence-electron chi connectivity index (χ2n) is 10.4. The van der Waals surface area contributed by atoms with Crippen LogP contribution in [-0.4, -0.2) is 70.3 Å². The van der Waals surface area contributed by atoms with Gasteiger partial charge in [-0.2, -0.15) is 0 Å². The topological polar surface area (TPSA) is 125 Å². The summed E-state index contributed by atoms with van der Waals surface area (Å²) in [7, 11) is 1.75. The van der Waals surface area contributed by atoms with Crippen LogP contribution in [0, 0.1) is 0 Å². The van der Waals surface area contributed by atoms with Gasteiger partial charge in [0.05, 0.1) is 11.1 Å². The average molecular weight is 485 g/mol. The zero-order chi connectivity index (χ0) is 25.5. The van der Waals surface area contributed by atoms with Crippen molar-refractivity contribution in [2.45, 2.75) is 83.0 Å². The minimum absolute atomic E-state index is 0.0654. The summed E-state index contributed by atoms with van der Waals surface area (Å²) >= 11 is 0. The molecule has 1 aliphatic carbocycles. The Kier molecular flexibility index (Phi) is 6.57. The summed E-state index contributed by atoms with van der Waals surface area (Å²) in [5.41, 5.74) is 0.515. The van der Waals surface area contributed by atoms with Gasteiger partial charge in [0.25, 0.3) is 11.8 Å². The highest BCUT2D eigenvalue weighted by Crippen LogP contribution is 2.34. The molecule has 1 aromatic carbocycles. The molecule has 10 nitrogen and oxygen atoms in total. The van der Waals surface area contributed by atoms with Gasteiger partial charge < -0.3 is 15.0 Å². The Bertz CT molecular complexity index is 1070. The Hall–Kier alpha value is -3.43. The van der Waals surface area contributed by atoms with Crippen LogP contribution < -0.4 is 10.6 Å². The van der Waals surface area contributed by atoms with E-state index in [1.807, 2.05) is 20.8 Å². The summed E-state index contributed by atoms with van der Waals surface area (Å²) < 4.78 is 5.47. The van der Waals surface area contributed by atoms with E-state index < -0.39 is 35.3 Å². The van der Waals surface area contributed by atoms with E-state index in [0.29, 0.717) is 5.69 Å². The Morgan fingerprint density at radius 3 is 2.37 bits per heavy atom. The van der Waals surface area contributed by atoms with E-state index in [1.165, 1.54) is 0 Å². The summed E-state index contributed by atoms with van der Waals surface area (Å²) in [4.78, 5) is 65.1. The number of hydrogen-bond donors (Lipinski definition) is 2. The molecule has 0 radical (unpaired) electrons. The number of rotatable bonds is 4. The van der Waals surface area contributed by atoms with Gasteiger partial charge in [-0.3, -0.25) is 29.4 Å². The average Bonchev–Trinajstić information content (AvgIpc) is 3.04. The predicted octanol–water partition coefficient (Wildman–Crippen LogP) is 2.68. The maximum Gasteiger partial charge on any atom is 0.410 e. The Morgan fingerprint density at radius 2 is 1.74 bits per heavy atom. The molecule has 1 aromatic rings. The number of imide groups is 2. The fraction of sp³-hybridized carbons (Fsp3) is 0.560. The van der Waals surface area contributed by atoms with Gasteiger partial charge in [-0.15, -0.1) is 0 Å². The van der Waals surface area contributed by atoms with E-state index in [-0.39, 0.29) is 42.1 Å². The first kappa shape index (κ1) is 24.7. The van der Waals surface area contributed by atoms with Crippen molar-refractivity contribution < 1.29 is 28.7 Å². The number of nitrogens with zero attached hydrogens (tertiary/aromatic N) is 2. The number of hydrogen-bond acceptors (Lipinski definition) is 7. The molecule has 0 bridgehead atoms. The fourth-order valence-corrected chi connectivity index (χ4v) is 4.95. The highest BCUT2D eigenvalue weighted by molar-refractivity contribution is 6.25. The summed E-state index contributed by atoms with van der Waals surface area (Å²) in [5, 5.41) is 5.62. The molecule has 10 heteroatoms. The van der Waals surface area contributed by atoms with Crippen LogP contribution in [0.15, 0.2) is 18.2 Å². The molecule has 2 aliphatic heterocycles. The van der Waals surface area contributed by atoms with Crippen molar-refractivity contribution in [2.24, 2.45) is 0 Å². The molecule has 1 atom stereocenters. The highest BCUT2D eigenvalue weighted by Gasteiger charge is 2.45. The molecule has 1 saturated heterocycles. The molecule has 1 saturated carbocycles. The number of anilines is 1. The predicted molar refractivity (Wildman–Crippen MR) is 127 cm³/mol. The van der Waals surface area contributed by atoms with Gasteiger partial charge in [0.15, 0.2) is 0 Å². The lowest BCUT2D eigenvalue weighted by Crippen LogP contribution is -2.54. The Morgan fingerprint density at radius 1 is 1.06 bits per heavy atom. The zero-order valence-electron chi connectivity index (χ0n) is 20.6. The van der Waals surface area contributed by atoms with E-state index in [9.17, 15) is 24.0 Å². The first-order valence-electron chi connectivity index (χ1n) is 12.0. The molecular weight excluding hydrogens is 452 g/mol. The van der Waals surface area contributed by atoms with Crippen molar-refractivity contribution in [2.75, 3.05) is 12.4 Å². The summed E-state index contributed by atoms with van der Waals surface area (Å²) in [5.74, 6) is -2.08. The number of benzene rings is 1. The zero-order valence-corrected chi connectivity index (χ0v) is 20.6. The molecule has 2 fully saturated rings. The SMILES string of the molecule is CN(C(=O)OC(C)(C)C)[C@H]1CC[C@H](Nc2cccc3c2C(=O)N(C2CCC(=O)NC2=O)C3=O)CC1. The summed E-state index contributed by atoms with van der Waals surface area (Å²) in [6.07, 6.45) is 2.97. The van der Waals surface area contributed by atoms with Gasteiger partial charge in [-0.05, 0) is 65.0 Å². The Labute approximate surface area is 204 Å². The lowest BCUT2D eigenvalue weighted by atomic mass is 9.90. The van der Waals surface area contributed by atoms with Crippen LogP contribution in [0.5, 0.6) is 0 Å². The largest absolute Gasteiger partial charge is 0.444 e. The molecule has 188 valence electrons. The van der Waals surface area contributed by atoms with E-state index >= 15 is 0 Å². The monoisotopic (exact) mass is 484 g/mol. The van der Waals surface area contributed by atoms with Gasteiger partial charge in [-0.1, -0.05) is 6.07 Å². The van der Waals surface area contributed by atoms with Crippen LogP contribution in [0.25, 0.3) is 0 Å². The lowest BCUT2D eigenvalue weighted by Gasteiger charge is -2.36. The van der Waals surface area contributed by atoms with Crippen LogP contribution in [0.3, 0.4) is 0 Å². The van der Waals surface area contributed by atoms with Gasteiger partial charge in [0, 0.05) is 31.2 Å². The molecule has 35 heavy (non-hydrogen) atoms. The first-order valence-corrected chi connectivity index (χ1v) is 12.0. The van der Waals surface area contributed by atoms with Gasteiger partial charge in [0.2, 0.25) is 11.8 Å². The molecule has 0 spiro atoms. The normalized spacial score (nSPS) is 24.7. The quantitative estimate of drug-likeness (QED) is 0.630. The van der Waals surface area contributed by atoms with Gasteiger partial charge >= 0.3 is 6.09 Å². The second kappa shape index (κ2) is 9.31. The maximum absolute atomic E-state index is 13.3. The van der Waals surface area contributed by atoms with Crippen molar-refractivity contribution in [3.63, 3.8) is 0 Å².